The molecule has 10 heteroatoms. The molecule has 1 N–H and O–H groups in total. The lowest BCUT2D eigenvalue weighted by atomic mass is 10.6. The highest BCUT2D eigenvalue weighted by atomic mass is 32.2. The molecule has 0 spiro atoms. The van der Waals surface area contributed by atoms with Gasteiger partial charge in [0.05, 0.1) is 6.61 Å². The summed E-state index contributed by atoms with van der Waals surface area (Å²) in [7, 11) is -3.96. The van der Waals surface area contributed by atoms with E-state index in [9.17, 15) is 12.8 Å². The van der Waals surface area contributed by atoms with Crippen molar-refractivity contribution in [3.05, 3.63) is 18.3 Å². The summed E-state index contributed by atoms with van der Waals surface area (Å²) in [4.78, 5) is 13.3. The maximum Gasteiger partial charge on any atom is 0.299 e. The first-order chi connectivity index (χ1) is 8.03. The summed E-state index contributed by atoms with van der Waals surface area (Å²) in [5, 5.41) is 3.11. The summed E-state index contributed by atoms with van der Waals surface area (Å²) in [5.74, 6) is -0.772. The van der Waals surface area contributed by atoms with Crippen molar-refractivity contribution < 1.29 is 17.6 Å². The Morgan fingerprint density at radius 1 is 1.59 bits per heavy atom. The normalized spacial score (nSPS) is 12.1. The zero-order chi connectivity index (χ0) is 12.5. The standard InChI is InChI=1S/C7H8FN5O3S/c1-2-16-12-17(14,15)7-10-6-3-5(8)9-4-13(6)11-7/h3-4,12H,2H2,1H3. The lowest BCUT2D eigenvalue weighted by molar-refractivity contribution is 0.105. The number of rotatable bonds is 4. The van der Waals surface area contributed by atoms with E-state index >= 15 is 0 Å². The van der Waals surface area contributed by atoms with Gasteiger partial charge in [-0.3, -0.25) is 4.84 Å². The number of aromatic nitrogens is 4. The molecule has 92 valence electrons. The average molecular weight is 261 g/mol. The molecule has 2 rings (SSSR count). The van der Waals surface area contributed by atoms with Crippen LogP contribution in [0.15, 0.2) is 17.6 Å². The predicted octanol–water partition coefficient (Wildman–Crippen LogP) is -0.507. The number of nitrogens with one attached hydrogen (secondary N) is 1. The number of fused-ring (bicyclic) bond motifs is 1. The van der Waals surface area contributed by atoms with Gasteiger partial charge in [-0.25, -0.2) is 17.9 Å². The second kappa shape index (κ2) is 4.31. The third-order valence-corrected chi connectivity index (χ3v) is 2.72. The first-order valence-electron chi connectivity index (χ1n) is 4.54. The molecule has 0 bridgehead atoms. The van der Waals surface area contributed by atoms with Crippen LogP contribution in [0.3, 0.4) is 0 Å². The summed E-state index contributed by atoms with van der Waals surface area (Å²) in [5.41, 5.74) is 0.0365. The van der Waals surface area contributed by atoms with Crippen molar-refractivity contribution in [3.63, 3.8) is 0 Å². The van der Waals surface area contributed by atoms with Gasteiger partial charge in [0.2, 0.25) is 5.95 Å². The third kappa shape index (κ3) is 2.38. The fourth-order valence-electron chi connectivity index (χ4n) is 1.04. The van der Waals surface area contributed by atoms with Crippen LogP contribution in [-0.4, -0.2) is 34.6 Å². The molecule has 0 aliphatic heterocycles. The zero-order valence-electron chi connectivity index (χ0n) is 8.66. The number of sulfonamides is 1. The van der Waals surface area contributed by atoms with Gasteiger partial charge >= 0.3 is 0 Å². The number of halogens is 1. The van der Waals surface area contributed by atoms with E-state index in [0.717, 1.165) is 16.9 Å². The van der Waals surface area contributed by atoms with E-state index in [4.69, 9.17) is 0 Å². The monoisotopic (exact) mass is 261 g/mol. The number of nitrogens with zero attached hydrogens (tertiary/aromatic N) is 4. The Kier molecular flexibility index (Phi) is 3.00. The molecule has 0 radical (unpaired) electrons. The molecule has 0 amide bonds. The van der Waals surface area contributed by atoms with Gasteiger partial charge < -0.3 is 0 Å². The third-order valence-electron chi connectivity index (χ3n) is 1.73. The van der Waals surface area contributed by atoms with Crippen LogP contribution in [0.4, 0.5) is 4.39 Å². The van der Waals surface area contributed by atoms with Gasteiger partial charge in [-0.1, -0.05) is 4.89 Å². The molecule has 17 heavy (non-hydrogen) atoms. The molecule has 0 saturated carbocycles. The minimum Gasteiger partial charge on any atom is -0.287 e. The molecule has 0 fully saturated rings. The highest BCUT2D eigenvalue weighted by Crippen LogP contribution is 2.06. The Labute approximate surface area is 95.5 Å². The summed E-state index contributed by atoms with van der Waals surface area (Å²) in [6.45, 7) is 1.77. The van der Waals surface area contributed by atoms with Gasteiger partial charge in [-0.2, -0.15) is 9.37 Å². The number of hydrogen-bond acceptors (Lipinski definition) is 6. The molecule has 0 aliphatic rings. The van der Waals surface area contributed by atoms with Crippen molar-refractivity contribution in [2.45, 2.75) is 12.1 Å². The lowest BCUT2D eigenvalue weighted by Gasteiger charge is -1.99. The summed E-state index contributed by atoms with van der Waals surface area (Å²) in [6.07, 6.45) is 1.03. The molecule has 8 nitrogen and oxygen atoms in total. The van der Waals surface area contributed by atoms with Crippen molar-refractivity contribution in [2.75, 3.05) is 6.61 Å². The van der Waals surface area contributed by atoms with E-state index < -0.39 is 21.1 Å². The molecule has 0 unspecified atom stereocenters. The van der Waals surface area contributed by atoms with Crippen LogP contribution in [-0.2, 0) is 14.9 Å². The number of hydrogen-bond donors (Lipinski definition) is 1. The molecule has 0 saturated heterocycles. The van der Waals surface area contributed by atoms with E-state index in [0.29, 0.717) is 0 Å². The van der Waals surface area contributed by atoms with Gasteiger partial charge in [0.15, 0.2) is 5.65 Å². The summed E-state index contributed by atoms with van der Waals surface area (Å²) < 4.78 is 36.9. The minimum absolute atomic E-state index is 0.0365. The SMILES string of the molecule is CCONS(=O)(=O)c1nc2cc(F)ncn2n1. The Bertz CT molecular complexity index is 640. The van der Waals surface area contributed by atoms with Crippen molar-refractivity contribution in [2.24, 2.45) is 0 Å². The molecule has 2 aromatic rings. The first-order valence-corrected chi connectivity index (χ1v) is 6.03. The Hall–Kier alpha value is -1.65. The van der Waals surface area contributed by atoms with Crippen molar-refractivity contribution in [3.8, 4) is 0 Å². The molecule has 2 aromatic heterocycles. The second-order valence-corrected chi connectivity index (χ2v) is 4.47. The zero-order valence-corrected chi connectivity index (χ0v) is 9.48. The van der Waals surface area contributed by atoms with Crippen molar-refractivity contribution >= 4 is 15.7 Å². The van der Waals surface area contributed by atoms with Crippen molar-refractivity contribution in [1.82, 2.24) is 24.5 Å². The minimum atomic E-state index is -3.96. The van der Waals surface area contributed by atoms with Crippen LogP contribution in [0, 0.1) is 5.95 Å². The smallest absolute Gasteiger partial charge is 0.287 e. The largest absolute Gasteiger partial charge is 0.299 e. The van der Waals surface area contributed by atoms with E-state index in [1.807, 2.05) is 4.89 Å². The lowest BCUT2D eigenvalue weighted by Crippen LogP contribution is -2.25. The van der Waals surface area contributed by atoms with Gasteiger partial charge in [-0.05, 0) is 6.92 Å². The van der Waals surface area contributed by atoms with Gasteiger partial charge in [0.1, 0.15) is 6.33 Å². The molecule has 2 heterocycles. The molecular formula is C7H8FN5O3S. The molecular weight excluding hydrogens is 253 g/mol. The first kappa shape index (κ1) is 11.8. The highest BCUT2D eigenvalue weighted by molar-refractivity contribution is 7.89. The average Bonchev–Trinajstić information content (AvgIpc) is 2.70. The summed E-state index contributed by atoms with van der Waals surface area (Å²) >= 11 is 0. The molecule has 0 atom stereocenters. The quantitative estimate of drug-likeness (QED) is 0.588. The van der Waals surface area contributed by atoms with E-state index in [1.165, 1.54) is 0 Å². The Balaban J connectivity index is 2.43. The van der Waals surface area contributed by atoms with E-state index in [-0.39, 0.29) is 12.3 Å². The van der Waals surface area contributed by atoms with E-state index in [1.54, 1.807) is 6.92 Å². The Morgan fingerprint density at radius 2 is 2.35 bits per heavy atom. The van der Waals surface area contributed by atoms with Crippen LogP contribution in [0.2, 0.25) is 0 Å². The fourth-order valence-corrected chi connectivity index (χ4v) is 1.80. The van der Waals surface area contributed by atoms with Crippen LogP contribution in [0.1, 0.15) is 6.92 Å². The van der Waals surface area contributed by atoms with Gasteiger partial charge in [0, 0.05) is 6.07 Å². The maximum absolute atomic E-state index is 12.8. The Morgan fingerprint density at radius 3 is 3.06 bits per heavy atom. The molecule has 0 aromatic carbocycles. The van der Waals surface area contributed by atoms with Gasteiger partial charge in [-0.15, -0.1) is 5.10 Å². The maximum atomic E-state index is 12.8. The highest BCUT2D eigenvalue weighted by Gasteiger charge is 2.20. The fraction of sp³-hybridized carbons (Fsp3) is 0.286. The van der Waals surface area contributed by atoms with Crippen molar-refractivity contribution in [1.29, 1.82) is 0 Å². The predicted molar refractivity (Wildman–Crippen MR) is 52.7 cm³/mol. The topological polar surface area (TPSA) is 98.5 Å². The second-order valence-electron chi connectivity index (χ2n) is 2.93. The molecule has 0 aliphatic carbocycles. The van der Waals surface area contributed by atoms with Crippen LogP contribution < -0.4 is 4.89 Å². The van der Waals surface area contributed by atoms with Crippen LogP contribution in [0.25, 0.3) is 5.65 Å². The van der Waals surface area contributed by atoms with Crippen LogP contribution >= 0.6 is 0 Å². The van der Waals surface area contributed by atoms with Crippen LogP contribution in [0.5, 0.6) is 0 Å². The summed E-state index contributed by atoms with van der Waals surface area (Å²) in [6, 6.07) is 0.965. The van der Waals surface area contributed by atoms with Gasteiger partial charge in [0.25, 0.3) is 15.2 Å². The van der Waals surface area contributed by atoms with E-state index in [2.05, 4.69) is 19.9 Å².